The van der Waals surface area contributed by atoms with E-state index in [1.807, 2.05) is 97.1 Å². The van der Waals surface area contributed by atoms with E-state index in [0.29, 0.717) is 26.4 Å². The summed E-state index contributed by atoms with van der Waals surface area (Å²) in [6.45, 7) is 5.11. The summed E-state index contributed by atoms with van der Waals surface area (Å²) in [5.74, 6) is 0. The molecule has 0 aromatic heterocycles. The van der Waals surface area contributed by atoms with E-state index in [-0.39, 0.29) is 6.61 Å². The molecule has 1 aliphatic heterocycles. The minimum atomic E-state index is -0.724. The van der Waals surface area contributed by atoms with Crippen molar-refractivity contribution in [3.05, 3.63) is 120 Å². The van der Waals surface area contributed by atoms with Crippen LogP contribution in [0.3, 0.4) is 0 Å². The Hall–Kier alpha value is -2.84. The first-order valence-electron chi connectivity index (χ1n) is 13.2. The van der Waals surface area contributed by atoms with Crippen molar-refractivity contribution in [1.29, 1.82) is 0 Å². The number of hydrogen-bond donors (Lipinski definition) is 1. The van der Waals surface area contributed by atoms with Crippen molar-refractivity contribution in [1.82, 2.24) is 0 Å². The van der Waals surface area contributed by atoms with Crippen LogP contribution < -0.4 is 0 Å². The third-order valence-corrected chi connectivity index (χ3v) is 6.46. The highest BCUT2D eigenvalue weighted by molar-refractivity contribution is 5.15. The number of aliphatic hydroxyl groups excluding tert-OH is 1. The van der Waals surface area contributed by atoms with Crippen molar-refractivity contribution < 1.29 is 28.8 Å². The molecule has 3 aromatic carbocycles. The monoisotopic (exact) mass is 518 g/mol. The van der Waals surface area contributed by atoms with Gasteiger partial charge in [0.2, 0.25) is 0 Å². The second kappa shape index (κ2) is 15.5. The molecule has 1 unspecified atom stereocenters. The number of benzene rings is 3. The van der Waals surface area contributed by atoms with Crippen molar-refractivity contribution in [2.75, 3.05) is 13.2 Å². The van der Waals surface area contributed by atoms with Gasteiger partial charge in [-0.15, -0.1) is 6.58 Å². The van der Waals surface area contributed by atoms with Gasteiger partial charge in [-0.3, -0.25) is 0 Å². The largest absolute Gasteiger partial charge is 0.394 e. The fourth-order valence-corrected chi connectivity index (χ4v) is 4.45. The number of hydrogen-bond acceptors (Lipinski definition) is 6. The van der Waals surface area contributed by atoms with Crippen LogP contribution in [-0.4, -0.2) is 49.0 Å². The molecule has 5 atom stereocenters. The SMILES string of the molecule is C=CCCCOC1O[C@H](CO)[C@@H](OCc2ccccc2)[C@H](OCc2ccccc2)[C@H]1OCc1ccccc1. The molecular weight excluding hydrogens is 480 g/mol. The molecule has 38 heavy (non-hydrogen) atoms. The zero-order valence-corrected chi connectivity index (χ0v) is 21.8. The third kappa shape index (κ3) is 8.33. The molecule has 1 N–H and O–H groups in total. The molecule has 0 radical (unpaired) electrons. The van der Waals surface area contributed by atoms with Crippen LogP contribution in [0.25, 0.3) is 0 Å². The molecule has 1 saturated heterocycles. The smallest absolute Gasteiger partial charge is 0.186 e. The van der Waals surface area contributed by atoms with Crippen LogP contribution in [0.15, 0.2) is 104 Å². The maximum absolute atomic E-state index is 10.3. The zero-order chi connectivity index (χ0) is 26.4. The average Bonchev–Trinajstić information content (AvgIpc) is 2.98. The van der Waals surface area contributed by atoms with Gasteiger partial charge >= 0.3 is 0 Å². The van der Waals surface area contributed by atoms with Gasteiger partial charge in [-0.05, 0) is 29.5 Å². The van der Waals surface area contributed by atoms with Crippen molar-refractivity contribution in [2.45, 2.75) is 63.4 Å². The van der Waals surface area contributed by atoms with E-state index in [9.17, 15) is 5.11 Å². The van der Waals surface area contributed by atoms with E-state index in [2.05, 4.69) is 6.58 Å². The van der Waals surface area contributed by atoms with Gasteiger partial charge in [-0.2, -0.15) is 0 Å². The maximum atomic E-state index is 10.3. The standard InChI is InChI=1S/C32H38O6/c1-2-3-13-20-34-32-31(37-24-27-18-11-6-12-19-27)30(36-23-26-16-9-5-10-17-26)29(28(21-33)38-32)35-22-25-14-7-4-8-15-25/h2,4-12,14-19,28-33H,1,3,13,20-24H2/t28-,29-,30+,31-,32?/m1/s1. The van der Waals surface area contributed by atoms with Crippen LogP contribution in [0.2, 0.25) is 0 Å². The van der Waals surface area contributed by atoms with Gasteiger partial charge in [-0.25, -0.2) is 0 Å². The van der Waals surface area contributed by atoms with Gasteiger partial charge in [0.05, 0.1) is 33.0 Å². The predicted octanol–water partition coefficient (Wildman–Crippen LogP) is 5.44. The summed E-state index contributed by atoms with van der Waals surface area (Å²) < 4.78 is 31.8. The van der Waals surface area contributed by atoms with Crippen LogP contribution in [-0.2, 0) is 43.5 Å². The van der Waals surface area contributed by atoms with Gasteiger partial charge in [-0.1, -0.05) is 97.1 Å². The molecule has 0 aliphatic carbocycles. The average molecular weight is 519 g/mol. The Morgan fingerprint density at radius 2 is 1.13 bits per heavy atom. The summed E-state index contributed by atoms with van der Waals surface area (Å²) >= 11 is 0. The van der Waals surface area contributed by atoms with Crippen LogP contribution in [0, 0.1) is 0 Å². The van der Waals surface area contributed by atoms with E-state index in [1.54, 1.807) is 0 Å². The molecule has 3 aromatic rings. The summed E-state index contributed by atoms with van der Waals surface area (Å²) in [6, 6.07) is 29.9. The van der Waals surface area contributed by atoms with Crippen LogP contribution in [0.1, 0.15) is 29.5 Å². The Bertz CT molecular complexity index is 1050. The highest BCUT2D eigenvalue weighted by Crippen LogP contribution is 2.31. The van der Waals surface area contributed by atoms with Gasteiger partial charge in [0.1, 0.15) is 24.4 Å². The lowest BCUT2D eigenvalue weighted by atomic mass is 9.98. The lowest BCUT2D eigenvalue weighted by molar-refractivity contribution is -0.326. The zero-order valence-electron chi connectivity index (χ0n) is 21.8. The summed E-state index contributed by atoms with van der Waals surface area (Å²) in [7, 11) is 0. The van der Waals surface area contributed by atoms with Gasteiger partial charge in [0, 0.05) is 0 Å². The number of rotatable bonds is 15. The summed E-state index contributed by atoms with van der Waals surface area (Å²) in [4.78, 5) is 0. The number of ether oxygens (including phenoxy) is 5. The minimum absolute atomic E-state index is 0.234. The molecular formula is C32H38O6. The number of allylic oxidation sites excluding steroid dienone is 1. The summed E-state index contributed by atoms with van der Waals surface area (Å²) in [6.07, 6.45) is 0.453. The molecule has 6 heteroatoms. The Balaban J connectivity index is 1.58. The highest BCUT2D eigenvalue weighted by Gasteiger charge is 2.48. The molecule has 6 nitrogen and oxygen atoms in total. The van der Waals surface area contributed by atoms with Crippen LogP contribution in [0.4, 0.5) is 0 Å². The van der Waals surface area contributed by atoms with Crippen molar-refractivity contribution >= 4 is 0 Å². The summed E-state index contributed by atoms with van der Waals surface area (Å²) in [5.41, 5.74) is 3.09. The normalized spacial score (nSPS) is 23.2. The Morgan fingerprint density at radius 3 is 1.61 bits per heavy atom. The van der Waals surface area contributed by atoms with Crippen molar-refractivity contribution in [3.8, 4) is 0 Å². The van der Waals surface area contributed by atoms with Crippen LogP contribution in [0.5, 0.6) is 0 Å². The first-order valence-corrected chi connectivity index (χ1v) is 13.2. The van der Waals surface area contributed by atoms with Gasteiger partial charge < -0.3 is 28.8 Å². The van der Waals surface area contributed by atoms with E-state index in [0.717, 1.165) is 29.5 Å². The predicted molar refractivity (Wildman–Crippen MR) is 146 cm³/mol. The molecule has 4 rings (SSSR count). The molecule has 202 valence electrons. The second-order valence-electron chi connectivity index (χ2n) is 9.31. The first-order chi connectivity index (χ1) is 18.8. The molecule has 1 aliphatic rings. The second-order valence-corrected chi connectivity index (χ2v) is 9.31. The lowest BCUT2D eigenvalue weighted by Crippen LogP contribution is -2.61. The lowest BCUT2D eigenvalue weighted by Gasteiger charge is -2.45. The van der Waals surface area contributed by atoms with E-state index >= 15 is 0 Å². The first kappa shape index (κ1) is 28.2. The van der Waals surface area contributed by atoms with Crippen LogP contribution >= 0.6 is 0 Å². The Labute approximate surface area is 225 Å². The molecule has 1 heterocycles. The third-order valence-electron chi connectivity index (χ3n) is 6.46. The quantitative estimate of drug-likeness (QED) is 0.213. The van der Waals surface area contributed by atoms with Crippen molar-refractivity contribution in [2.24, 2.45) is 0 Å². The number of aliphatic hydroxyl groups is 1. The Kier molecular flexibility index (Phi) is 11.5. The maximum Gasteiger partial charge on any atom is 0.186 e. The fourth-order valence-electron chi connectivity index (χ4n) is 4.45. The minimum Gasteiger partial charge on any atom is -0.394 e. The topological polar surface area (TPSA) is 66.4 Å². The van der Waals surface area contributed by atoms with Gasteiger partial charge in [0.15, 0.2) is 6.29 Å². The Morgan fingerprint density at radius 1 is 0.658 bits per heavy atom. The molecule has 1 fully saturated rings. The van der Waals surface area contributed by atoms with Gasteiger partial charge in [0.25, 0.3) is 0 Å². The molecule has 0 amide bonds. The highest BCUT2D eigenvalue weighted by atomic mass is 16.7. The van der Waals surface area contributed by atoms with E-state index < -0.39 is 30.7 Å². The molecule has 0 spiro atoms. The molecule has 0 bridgehead atoms. The van der Waals surface area contributed by atoms with E-state index in [1.165, 1.54) is 0 Å². The number of unbranched alkanes of at least 4 members (excludes halogenated alkanes) is 1. The fraction of sp³-hybridized carbons (Fsp3) is 0.375. The molecule has 0 saturated carbocycles. The van der Waals surface area contributed by atoms with Crippen molar-refractivity contribution in [3.63, 3.8) is 0 Å². The van der Waals surface area contributed by atoms with E-state index in [4.69, 9.17) is 23.7 Å². The summed E-state index contributed by atoms with van der Waals surface area (Å²) in [5, 5.41) is 10.3.